The Morgan fingerprint density at radius 3 is 2.73 bits per heavy atom. The molecule has 3 nitrogen and oxygen atoms in total. The molecule has 0 aliphatic heterocycles. The zero-order valence-corrected chi connectivity index (χ0v) is 13.8. The molecule has 4 heteroatoms. The summed E-state index contributed by atoms with van der Waals surface area (Å²) < 4.78 is 30.3. The minimum atomic E-state index is -3.03. The molecule has 3 rings (SSSR count). The molecule has 2 aliphatic rings. The average Bonchev–Trinajstić information content (AvgIpc) is 3.39. The molecule has 0 amide bonds. The largest absolute Gasteiger partial charge is 0.493 e. The third kappa shape index (κ3) is 3.92. The molecule has 0 bridgehead atoms. The van der Waals surface area contributed by atoms with E-state index in [1.165, 1.54) is 12.8 Å². The molecule has 0 aromatic heterocycles. The van der Waals surface area contributed by atoms with Crippen LogP contribution in [0.5, 0.6) is 5.75 Å². The van der Waals surface area contributed by atoms with Gasteiger partial charge in [-0.2, -0.15) is 0 Å². The van der Waals surface area contributed by atoms with Crippen LogP contribution in [0.1, 0.15) is 37.7 Å². The van der Waals surface area contributed by atoms with Crippen LogP contribution in [-0.4, -0.2) is 26.5 Å². The van der Waals surface area contributed by atoms with E-state index in [0.29, 0.717) is 6.42 Å². The maximum Gasteiger partial charge on any atom is 0.151 e. The molecule has 2 saturated carbocycles. The first-order valence-corrected chi connectivity index (χ1v) is 9.90. The van der Waals surface area contributed by atoms with Gasteiger partial charge in [-0.3, -0.25) is 0 Å². The summed E-state index contributed by atoms with van der Waals surface area (Å²) in [6.07, 6.45) is 6.64. The number of benzene rings is 1. The standard InChI is InChI=1S/C18H24O3S/c1-2-3-11-22(19,20)14-18(9-10-18)16-5-4-6-17(12-16)21-13-15-7-8-15/h2,4-6,12,15H,1,3,7-11,13-14H2. The van der Waals surface area contributed by atoms with Crippen molar-refractivity contribution in [3.63, 3.8) is 0 Å². The van der Waals surface area contributed by atoms with E-state index in [4.69, 9.17) is 4.74 Å². The van der Waals surface area contributed by atoms with Gasteiger partial charge in [-0.05, 0) is 55.7 Å². The zero-order chi connectivity index (χ0) is 15.6. The van der Waals surface area contributed by atoms with E-state index in [0.717, 1.165) is 36.7 Å². The highest BCUT2D eigenvalue weighted by Crippen LogP contribution is 2.50. The highest BCUT2D eigenvalue weighted by atomic mass is 32.2. The molecular formula is C18H24O3S. The number of sulfone groups is 1. The van der Waals surface area contributed by atoms with Crippen LogP contribution in [0.15, 0.2) is 36.9 Å². The molecule has 2 fully saturated rings. The van der Waals surface area contributed by atoms with Crippen molar-refractivity contribution in [2.24, 2.45) is 5.92 Å². The minimum absolute atomic E-state index is 0.182. The number of hydrogen-bond acceptors (Lipinski definition) is 3. The maximum atomic E-state index is 12.2. The number of allylic oxidation sites excluding steroid dienone is 1. The van der Waals surface area contributed by atoms with E-state index < -0.39 is 9.84 Å². The second kappa shape index (κ2) is 6.07. The van der Waals surface area contributed by atoms with Gasteiger partial charge in [0.1, 0.15) is 5.75 Å². The van der Waals surface area contributed by atoms with Gasteiger partial charge in [0.15, 0.2) is 9.84 Å². The Morgan fingerprint density at radius 2 is 2.09 bits per heavy atom. The van der Waals surface area contributed by atoms with Gasteiger partial charge in [-0.15, -0.1) is 6.58 Å². The highest BCUT2D eigenvalue weighted by molar-refractivity contribution is 7.91. The van der Waals surface area contributed by atoms with Gasteiger partial charge in [0.05, 0.1) is 18.1 Å². The fourth-order valence-corrected chi connectivity index (χ4v) is 4.80. The average molecular weight is 320 g/mol. The fraction of sp³-hybridized carbons (Fsp3) is 0.556. The summed E-state index contributed by atoms with van der Waals surface area (Å²) in [5.74, 6) is 2.05. The normalized spacial score (nSPS) is 19.6. The Labute approximate surface area is 133 Å². The van der Waals surface area contributed by atoms with Gasteiger partial charge in [0, 0.05) is 5.41 Å². The SMILES string of the molecule is C=CCCS(=O)(=O)CC1(c2cccc(OCC3CC3)c2)CC1. The predicted molar refractivity (Wildman–Crippen MR) is 89.0 cm³/mol. The lowest BCUT2D eigenvalue weighted by Gasteiger charge is -2.17. The predicted octanol–water partition coefficient (Wildman–Crippen LogP) is 3.50. The van der Waals surface area contributed by atoms with Crippen molar-refractivity contribution in [3.8, 4) is 5.75 Å². The first kappa shape index (κ1) is 15.6. The van der Waals surface area contributed by atoms with Gasteiger partial charge in [-0.1, -0.05) is 18.2 Å². The van der Waals surface area contributed by atoms with Gasteiger partial charge < -0.3 is 4.74 Å². The van der Waals surface area contributed by atoms with Crippen LogP contribution in [0.2, 0.25) is 0 Å². The summed E-state index contributed by atoms with van der Waals surface area (Å²) in [6, 6.07) is 8.03. The number of ether oxygens (including phenoxy) is 1. The number of rotatable bonds is 9. The summed E-state index contributed by atoms with van der Waals surface area (Å²) >= 11 is 0. The summed E-state index contributed by atoms with van der Waals surface area (Å²) in [5, 5.41) is 0. The number of hydrogen-bond donors (Lipinski definition) is 0. The summed E-state index contributed by atoms with van der Waals surface area (Å²) in [5.41, 5.74) is 0.932. The van der Waals surface area contributed by atoms with Crippen LogP contribution in [0.4, 0.5) is 0 Å². The van der Waals surface area contributed by atoms with E-state index in [1.54, 1.807) is 6.08 Å². The second-order valence-electron chi connectivity index (χ2n) is 6.73. The smallest absolute Gasteiger partial charge is 0.151 e. The van der Waals surface area contributed by atoms with Gasteiger partial charge in [-0.25, -0.2) is 8.42 Å². The maximum absolute atomic E-state index is 12.2. The topological polar surface area (TPSA) is 43.4 Å². The van der Waals surface area contributed by atoms with Crippen LogP contribution < -0.4 is 4.74 Å². The summed E-state index contributed by atoms with van der Waals surface area (Å²) in [6.45, 7) is 4.39. The molecular weight excluding hydrogens is 296 g/mol. The molecule has 2 aliphatic carbocycles. The monoisotopic (exact) mass is 320 g/mol. The van der Waals surface area contributed by atoms with E-state index in [-0.39, 0.29) is 16.9 Å². The van der Waals surface area contributed by atoms with Crippen molar-refractivity contribution in [2.75, 3.05) is 18.1 Å². The van der Waals surface area contributed by atoms with Crippen molar-refractivity contribution in [2.45, 2.75) is 37.5 Å². The molecule has 0 spiro atoms. The second-order valence-corrected chi connectivity index (χ2v) is 8.92. The molecule has 0 radical (unpaired) electrons. The molecule has 0 unspecified atom stereocenters. The molecule has 0 heterocycles. The van der Waals surface area contributed by atoms with Crippen molar-refractivity contribution in [3.05, 3.63) is 42.5 Å². The van der Waals surface area contributed by atoms with Gasteiger partial charge in [0.2, 0.25) is 0 Å². The van der Waals surface area contributed by atoms with Crippen molar-refractivity contribution in [1.29, 1.82) is 0 Å². The first-order chi connectivity index (χ1) is 10.5. The molecule has 0 atom stereocenters. The van der Waals surface area contributed by atoms with E-state index in [1.807, 2.05) is 24.3 Å². The molecule has 1 aromatic carbocycles. The van der Waals surface area contributed by atoms with Crippen LogP contribution in [-0.2, 0) is 15.3 Å². The lowest BCUT2D eigenvalue weighted by Crippen LogP contribution is -2.23. The zero-order valence-electron chi connectivity index (χ0n) is 13.0. The van der Waals surface area contributed by atoms with E-state index in [9.17, 15) is 8.42 Å². The van der Waals surface area contributed by atoms with Crippen LogP contribution >= 0.6 is 0 Å². The van der Waals surface area contributed by atoms with E-state index in [2.05, 4.69) is 6.58 Å². The van der Waals surface area contributed by atoms with Crippen LogP contribution in [0, 0.1) is 5.92 Å². The molecule has 120 valence electrons. The van der Waals surface area contributed by atoms with Crippen molar-refractivity contribution >= 4 is 9.84 Å². The first-order valence-electron chi connectivity index (χ1n) is 8.08. The Bertz CT molecular complexity index is 640. The van der Waals surface area contributed by atoms with Crippen molar-refractivity contribution < 1.29 is 13.2 Å². The lowest BCUT2D eigenvalue weighted by atomic mass is 9.98. The Hall–Kier alpha value is -1.29. The third-order valence-corrected chi connectivity index (χ3v) is 6.46. The van der Waals surface area contributed by atoms with E-state index >= 15 is 0 Å². The Morgan fingerprint density at radius 1 is 1.32 bits per heavy atom. The summed E-state index contributed by atoms with van der Waals surface area (Å²) in [7, 11) is -3.03. The summed E-state index contributed by atoms with van der Waals surface area (Å²) in [4.78, 5) is 0. The van der Waals surface area contributed by atoms with Gasteiger partial charge >= 0.3 is 0 Å². The fourth-order valence-electron chi connectivity index (χ4n) is 2.84. The quantitative estimate of drug-likeness (QED) is 0.654. The van der Waals surface area contributed by atoms with Crippen LogP contribution in [0.3, 0.4) is 0 Å². The molecule has 1 aromatic rings. The van der Waals surface area contributed by atoms with Crippen LogP contribution in [0.25, 0.3) is 0 Å². The van der Waals surface area contributed by atoms with Crippen molar-refractivity contribution in [1.82, 2.24) is 0 Å². The third-order valence-electron chi connectivity index (χ3n) is 4.61. The Kier molecular flexibility index (Phi) is 4.31. The highest BCUT2D eigenvalue weighted by Gasteiger charge is 2.47. The molecule has 0 saturated heterocycles. The molecule has 0 N–H and O–H groups in total. The molecule has 22 heavy (non-hydrogen) atoms. The minimum Gasteiger partial charge on any atom is -0.493 e. The Balaban J connectivity index is 1.69. The van der Waals surface area contributed by atoms with Gasteiger partial charge in [0.25, 0.3) is 0 Å². The lowest BCUT2D eigenvalue weighted by molar-refractivity contribution is 0.299.